The summed E-state index contributed by atoms with van der Waals surface area (Å²) in [5, 5.41) is 0. The van der Waals surface area contributed by atoms with Crippen LogP contribution in [-0.2, 0) is 19.1 Å². The van der Waals surface area contributed by atoms with Gasteiger partial charge in [0.15, 0.2) is 0 Å². The van der Waals surface area contributed by atoms with E-state index in [9.17, 15) is 14.4 Å². The summed E-state index contributed by atoms with van der Waals surface area (Å²) in [4.78, 5) is 40.9. The summed E-state index contributed by atoms with van der Waals surface area (Å²) < 4.78 is 5.39. The van der Waals surface area contributed by atoms with Crippen LogP contribution in [-0.4, -0.2) is 46.7 Å². The highest BCUT2D eigenvalue weighted by atomic mass is 32.2. The van der Waals surface area contributed by atoms with Crippen molar-refractivity contribution in [2.45, 2.75) is 26.7 Å². The van der Waals surface area contributed by atoms with Crippen LogP contribution in [0.2, 0.25) is 0 Å². The van der Waals surface area contributed by atoms with Gasteiger partial charge in [0.1, 0.15) is 4.32 Å². The zero-order valence-electron chi connectivity index (χ0n) is 15.2. The number of rotatable bonds is 6. The van der Waals surface area contributed by atoms with Crippen LogP contribution >= 0.6 is 24.0 Å². The monoisotopic (exact) mass is 404 g/mol. The van der Waals surface area contributed by atoms with E-state index in [2.05, 4.69) is 0 Å². The average Bonchev–Trinajstić information content (AvgIpc) is 3.10. The van der Waals surface area contributed by atoms with Gasteiger partial charge in [-0.25, -0.2) is 0 Å². The molecule has 3 rings (SSSR count). The molecule has 2 aliphatic heterocycles. The minimum absolute atomic E-state index is 0.0701. The van der Waals surface area contributed by atoms with E-state index < -0.39 is 0 Å². The first-order chi connectivity index (χ1) is 13.0. The van der Waals surface area contributed by atoms with Gasteiger partial charge >= 0.3 is 5.97 Å². The summed E-state index contributed by atoms with van der Waals surface area (Å²) in [6, 6.07) is 7.42. The topological polar surface area (TPSA) is 66.9 Å². The summed E-state index contributed by atoms with van der Waals surface area (Å²) in [5.41, 5.74) is 1.93. The number of ether oxygens (including phenoxy) is 1. The number of para-hydroxylation sites is 1. The average molecular weight is 405 g/mol. The van der Waals surface area contributed by atoms with Gasteiger partial charge in [0.2, 0.25) is 0 Å². The molecule has 27 heavy (non-hydrogen) atoms. The number of amides is 2. The smallest absolute Gasteiger partial charge is 0.307 e. The molecule has 0 atom stereocenters. The van der Waals surface area contributed by atoms with Crippen molar-refractivity contribution < 1.29 is 19.1 Å². The molecular formula is C19H20N2O4S2. The van der Waals surface area contributed by atoms with Crippen molar-refractivity contribution in [1.29, 1.82) is 0 Å². The van der Waals surface area contributed by atoms with Gasteiger partial charge in [-0.3, -0.25) is 19.3 Å². The Bertz CT molecular complexity index is 850. The van der Waals surface area contributed by atoms with Gasteiger partial charge in [0.05, 0.1) is 29.2 Å². The van der Waals surface area contributed by atoms with Gasteiger partial charge in [-0.1, -0.05) is 49.1 Å². The second kappa shape index (κ2) is 8.22. The van der Waals surface area contributed by atoms with Gasteiger partial charge in [-0.05, 0) is 19.4 Å². The second-order valence-electron chi connectivity index (χ2n) is 6.07. The molecule has 0 spiro atoms. The molecular weight excluding hydrogens is 384 g/mol. The molecule has 142 valence electrons. The van der Waals surface area contributed by atoms with E-state index in [1.165, 1.54) is 4.90 Å². The normalized spacial score (nSPS) is 19.1. The molecule has 0 aromatic heterocycles. The fourth-order valence-electron chi connectivity index (χ4n) is 3.05. The highest BCUT2D eigenvalue weighted by molar-refractivity contribution is 8.26. The van der Waals surface area contributed by atoms with E-state index >= 15 is 0 Å². The molecule has 2 aliphatic rings. The van der Waals surface area contributed by atoms with Crippen LogP contribution < -0.4 is 4.90 Å². The van der Waals surface area contributed by atoms with E-state index in [1.54, 1.807) is 4.90 Å². The molecule has 1 aromatic rings. The number of anilines is 1. The molecule has 1 aromatic carbocycles. The first-order valence-electron chi connectivity index (χ1n) is 8.84. The minimum atomic E-state index is -0.363. The van der Waals surface area contributed by atoms with E-state index in [0.717, 1.165) is 29.4 Å². The molecule has 0 saturated carbocycles. The number of thiocarbonyl (C=S) groups is 1. The lowest BCUT2D eigenvalue weighted by atomic mass is 10.1. The van der Waals surface area contributed by atoms with Crippen molar-refractivity contribution in [3.8, 4) is 0 Å². The Morgan fingerprint density at radius 1 is 1.15 bits per heavy atom. The van der Waals surface area contributed by atoms with Crippen molar-refractivity contribution in [3.63, 3.8) is 0 Å². The lowest BCUT2D eigenvalue weighted by Gasteiger charge is -2.14. The fourth-order valence-corrected chi connectivity index (χ4v) is 4.43. The van der Waals surface area contributed by atoms with Crippen molar-refractivity contribution >= 4 is 57.3 Å². The number of nitrogens with zero attached hydrogens (tertiary/aromatic N) is 2. The standard InChI is InChI=1S/C19H20N2O4S2/c1-3-11-25-14(22)9-10-21-18(24)16(27-19(21)26)15-12-7-5-6-8-13(12)20(4-2)17(15)23/h5-8H,3-4,9-11H2,1-2H3/b16-15-. The second-order valence-corrected chi connectivity index (χ2v) is 7.71. The summed E-state index contributed by atoms with van der Waals surface area (Å²) in [7, 11) is 0. The molecule has 1 saturated heterocycles. The van der Waals surface area contributed by atoms with Crippen molar-refractivity contribution in [1.82, 2.24) is 4.90 Å². The maximum absolute atomic E-state index is 12.9. The number of hydrogen-bond donors (Lipinski definition) is 0. The molecule has 0 unspecified atom stereocenters. The summed E-state index contributed by atoms with van der Waals surface area (Å²) in [5.74, 6) is -0.885. The van der Waals surface area contributed by atoms with Crippen LogP contribution in [0.5, 0.6) is 0 Å². The minimum Gasteiger partial charge on any atom is -0.466 e. The number of fused-ring (bicyclic) bond motifs is 1. The lowest BCUT2D eigenvalue weighted by Crippen LogP contribution is -2.31. The Morgan fingerprint density at radius 3 is 2.59 bits per heavy atom. The maximum Gasteiger partial charge on any atom is 0.307 e. The van der Waals surface area contributed by atoms with Gasteiger partial charge in [0.25, 0.3) is 11.8 Å². The van der Waals surface area contributed by atoms with Gasteiger partial charge in [-0.2, -0.15) is 0 Å². The van der Waals surface area contributed by atoms with Crippen LogP contribution in [0.15, 0.2) is 29.2 Å². The molecule has 2 amide bonds. The van der Waals surface area contributed by atoms with Gasteiger partial charge < -0.3 is 9.64 Å². The number of benzene rings is 1. The SMILES string of the molecule is CCCOC(=O)CCN1C(=O)/C(=C2/C(=O)N(CC)c3ccccc32)SC1=S. The number of thioether (sulfide) groups is 1. The summed E-state index contributed by atoms with van der Waals surface area (Å²) in [6.07, 6.45) is 0.814. The molecule has 0 aliphatic carbocycles. The molecule has 2 heterocycles. The third kappa shape index (κ3) is 3.64. The van der Waals surface area contributed by atoms with Crippen LogP contribution in [0.4, 0.5) is 5.69 Å². The highest BCUT2D eigenvalue weighted by Crippen LogP contribution is 2.44. The van der Waals surface area contributed by atoms with E-state index in [4.69, 9.17) is 17.0 Å². The van der Waals surface area contributed by atoms with Crippen LogP contribution in [0.1, 0.15) is 32.3 Å². The van der Waals surface area contributed by atoms with Crippen LogP contribution in [0.25, 0.3) is 5.57 Å². The van der Waals surface area contributed by atoms with Crippen LogP contribution in [0, 0.1) is 0 Å². The Kier molecular flexibility index (Phi) is 5.96. The largest absolute Gasteiger partial charge is 0.466 e. The van der Waals surface area contributed by atoms with Crippen LogP contribution in [0.3, 0.4) is 0 Å². The number of hydrogen-bond acceptors (Lipinski definition) is 6. The molecule has 0 radical (unpaired) electrons. The summed E-state index contributed by atoms with van der Waals surface area (Å²) in [6.45, 7) is 4.84. The van der Waals surface area contributed by atoms with Crippen molar-refractivity contribution in [2.75, 3.05) is 24.6 Å². The molecule has 6 nitrogen and oxygen atoms in total. The molecule has 0 bridgehead atoms. The first-order valence-corrected chi connectivity index (χ1v) is 10.1. The Balaban J connectivity index is 1.86. The van der Waals surface area contributed by atoms with E-state index in [-0.39, 0.29) is 30.7 Å². The third-order valence-corrected chi connectivity index (χ3v) is 5.77. The third-order valence-electron chi connectivity index (χ3n) is 4.32. The number of carbonyl (C=O) groups is 3. The van der Waals surface area contributed by atoms with Crippen molar-refractivity contribution in [3.05, 3.63) is 34.7 Å². The Hall–Kier alpha value is -2.19. The Labute approximate surface area is 167 Å². The number of esters is 1. The fraction of sp³-hybridized carbons (Fsp3) is 0.368. The number of likely N-dealkylation sites (N-methyl/N-ethyl adjacent to an activating group) is 1. The quantitative estimate of drug-likeness (QED) is 0.413. The zero-order chi connectivity index (χ0) is 19.6. The van der Waals surface area contributed by atoms with E-state index in [0.29, 0.717) is 28.0 Å². The highest BCUT2D eigenvalue weighted by Gasteiger charge is 2.41. The van der Waals surface area contributed by atoms with Gasteiger partial charge in [-0.15, -0.1) is 0 Å². The maximum atomic E-state index is 12.9. The number of carbonyl (C=O) groups excluding carboxylic acids is 3. The Morgan fingerprint density at radius 2 is 1.89 bits per heavy atom. The van der Waals surface area contributed by atoms with Crippen molar-refractivity contribution in [2.24, 2.45) is 0 Å². The lowest BCUT2D eigenvalue weighted by molar-refractivity contribution is -0.144. The van der Waals surface area contributed by atoms with Gasteiger partial charge in [0, 0.05) is 18.7 Å². The predicted octanol–water partition coefficient (Wildman–Crippen LogP) is 2.97. The molecule has 1 fully saturated rings. The molecule has 8 heteroatoms. The van der Waals surface area contributed by atoms with E-state index in [1.807, 2.05) is 38.1 Å². The predicted molar refractivity (Wildman–Crippen MR) is 109 cm³/mol. The first kappa shape index (κ1) is 19.6. The zero-order valence-corrected chi connectivity index (χ0v) is 16.8. The molecule has 0 N–H and O–H groups in total. The summed E-state index contributed by atoms with van der Waals surface area (Å²) >= 11 is 6.44.